The maximum Gasteiger partial charge on any atom is 0.224 e. The summed E-state index contributed by atoms with van der Waals surface area (Å²) in [6, 6.07) is 3.86. The van der Waals surface area contributed by atoms with E-state index in [2.05, 4.69) is 25.4 Å². The van der Waals surface area contributed by atoms with Gasteiger partial charge in [-0.2, -0.15) is 10.1 Å². The quantitative estimate of drug-likeness (QED) is 0.255. The van der Waals surface area contributed by atoms with Crippen molar-refractivity contribution in [1.29, 1.82) is 0 Å². The van der Waals surface area contributed by atoms with E-state index in [0.717, 1.165) is 22.0 Å². The number of anilines is 1. The molecule has 4 heterocycles. The van der Waals surface area contributed by atoms with E-state index in [4.69, 9.17) is 0 Å². The molecular weight excluding hydrogens is 431 g/mol. The fourth-order valence-electron chi connectivity index (χ4n) is 4.44. The number of fused-ring (bicyclic) bond motifs is 2. The average Bonchev–Trinajstić information content (AvgIpc) is 3.36. The summed E-state index contributed by atoms with van der Waals surface area (Å²) in [5, 5.41) is 8.03. The van der Waals surface area contributed by atoms with Crippen LogP contribution in [0.1, 0.15) is 77.9 Å². The lowest BCUT2D eigenvalue weighted by molar-refractivity contribution is 0.101. The third kappa shape index (κ3) is 4.95. The predicted molar refractivity (Wildman–Crippen MR) is 136 cm³/mol. The number of hydrogen-bond acceptors (Lipinski definition) is 5. The number of aromatic amines is 1. The summed E-state index contributed by atoms with van der Waals surface area (Å²) in [6.07, 6.45) is 18.7. The molecule has 0 radical (unpaired) electrons. The zero-order chi connectivity index (χ0) is 23.5. The number of pyridine rings is 1. The van der Waals surface area contributed by atoms with Crippen LogP contribution in [-0.2, 0) is 0 Å². The second-order valence-electron chi connectivity index (χ2n) is 9.50. The molecule has 34 heavy (non-hydrogen) atoms. The van der Waals surface area contributed by atoms with Gasteiger partial charge in [0, 0.05) is 32.4 Å². The molecule has 4 aromatic rings. The highest BCUT2D eigenvalue weighted by atomic mass is 19.1. The molecular formula is C26H35FN6O. The number of nitrogens with one attached hydrogen (secondary N) is 2. The van der Waals surface area contributed by atoms with E-state index in [9.17, 15) is 9.18 Å². The molecule has 0 atom stereocenters. The van der Waals surface area contributed by atoms with Gasteiger partial charge in [-0.25, -0.2) is 13.9 Å². The van der Waals surface area contributed by atoms with Crippen molar-refractivity contribution in [3.05, 3.63) is 42.5 Å². The minimum absolute atomic E-state index is 0. The summed E-state index contributed by atoms with van der Waals surface area (Å²) >= 11 is 0. The first-order chi connectivity index (χ1) is 16.5. The smallest absolute Gasteiger partial charge is 0.224 e. The fourth-order valence-corrected chi connectivity index (χ4v) is 4.44. The van der Waals surface area contributed by atoms with E-state index in [1.54, 1.807) is 16.9 Å². The van der Waals surface area contributed by atoms with Gasteiger partial charge in [-0.1, -0.05) is 44.9 Å². The Morgan fingerprint density at radius 3 is 2.53 bits per heavy atom. The normalized spacial score (nSPS) is 17.1. The van der Waals surface area contributed by atoms with Crippen molar-refractivity contribution in [2.24, 2.45) is 0 Å². The highest BCUT2D eigenvalue weighted by molar-refractivity contribution is 6.02. The average molecular weight is 467 g/mol. The molecule has 0 bridgehead atoms. The van der Waals surface area contributed by atoms with Gasteiger partial charge in [0.25, 0.3) is 0 Å². The number of ketones is 1. The first kappa shape index (κ1) is 22.5. The van der Waals surface area contributed by atoms with Crippen molar-refractivity contribution in [3.8, 4) is 11.1 Å². The van der Waals surface area contributed by atoms with E-state index in [-0.39, 0.29) is 15.2 Å². The van der Waals surface area contributed by atoms with Crippen LogP contribution in [0.4, 0.5) is 10.3 Å². The maximum absolute atomic E-state index is 13.8. The molecule has 182 valence electrons. The van der Waals surface area contributed by atoms with Gasteiger partial charge < -0.3 is 10.3 Å². The second kappa shape index (κ2) is 9.52. The second-order valence-corrected chi connectivity index (χ2v) is 9.50. The van der Waals surface area contributed by atoms with Crippen LogP contribution in [0.3, 0.4) is 0 Å². The number of carbonyl (C=O) groups is 1. The number of carbonyl (C=O) groups excluding carboxylic acids is 1. The molecule has 6 rings (SSSR count). The Labute approximate surface area is 201 Å². The summed E-state index contributed by atoms with van der Waals surface area (Å²) in [5.41, 5.74) is 2.77. The summed E-state index contributed by atoms with van der Waals surface area (Å²) < 4.78 is 15.4. The number of Topliss-reactive ketones (excluding diaryl/α,β-unsaturated/α-hetero) is 1. The molecule has 0 spiro atoms. The SMILES string of the molecule is C1CCCCCC1.CC(=O)c1cnn2ccc(-c3c[nH]c4nc(NCC5(F)CC5)ncc34)cc12.[HH].[HH]. The van der Waals surface area contributed by atoms with Crippen LogP contribution in [0.15, 0.2) is 36.9 Å². The van der Waals surface area contributed by atoms with Crippen LogP contribution in [-0.4, -0.2) is 42.6 Å². The van der Waals surface area contributed by atoms with Gasteiger partial charge in [0.15, 0.2) is 5.78 Å². The summed E-state index contributed by atoms with van der Waals surface area (Å²) in [5.74, 6) is 0.381. The molecule has 2 N–H and O–H groups in total. The Kier molecular flexibility index (Phi) is 6.30. The summed E-state index contributed by atoms with van der Waals surface area (Å²) in [6.45, 7) is 1.76. The minimum atomic E-state index is -1.10. The molecule has 0 aromatic carbocycles. The molecule has 2 saturated carbocycles. The van der Waals surface area contributed by atoms with Gasteiger partial charge in [0.2, 0.25) is 5.95 Å². The van der Waals surface area contributed by atoms with Crippen molar-refractivity contribution in [2.45, 2.75) is 70.4 Å². The van der Waals surface area contributed by atoms with Crippen LogP contribution < -0.4 is 5.32 Å². The van der Waals surface area contributed by atoms with Crippen LogP contribution in [0.2, 0.25) is 0 Å². The number of H-pyrrole nitrogens is 1. The molecule has 4 aromatic heterocycles. The van der Waals surface area contributed by atoms with Crippen molar-refractivity contribution in [3.63, 3.8) is 0 Å². The van der Waals surface area contributed by atoms with Gasteiger partial charge in [-0.15, -0.1) is 0 Å². The van der Waals surface area contributed by atoms with Crippen LogP contribution >= 0.6 is 0 Å². The van der Waals surface area contributed by atoms with E-state index in [1.807, 2.05) is 24.5 Å². The number of aromatic nitrogens is 5. The molecule has 2 fully saturated rings. The topological polar surface area (TPSA) is 88.0 Å². The lowest BCUT2D eigenvalue weighted by atomic mass is 10.1. The number of hydrogen-bond donors (Lipinski definition) is 2. The Morgan fingerprint density at radius 2 is 1.88 bits per heavy atom. The number of rotatable bonds is 5. The fraction of sp³-hybridized carbons (Fsp3) is 0.462. The van der Waals surface area contributed by atoms with Crippen molar-refractivity contribution in [1.82, 2.24) is 24.6 Å². The van der Waals surface area contributed by atoms with Crippen LogP contribution in [0.25, 0.3) is 27.7 Å². The van der Waals surface area contributed by atoms with E-state index in [1.165, 1.54) is 51.9 Å². The minimum Gasteiger partial charge on any atom is -0.351 e. The van der Waals surface area contributed by atoms with E-state index >= 15 is 0 Å². The third-order valence-electron chi connectivity index (χ3n) is 6.75. The number of alkyl halides is 1. The van der Waals surface area contributed by atoms with Crippen molar-refractivity contribution < 1.29 is 12.0 Å². The summed E-state index contributed by atoms with van der Waals surface area (Å²) in [7, 11) is 0. The Bertz CT molecular complexity index is 1300. The Hall–Kier alpha value is -3.29. The van der Waals surface area contributed by atoms with Crippen molar-refractivity contribution >= 4 is 28.3 Å². The number of halogens is 1. The largest absolute Gasteiger partial charge is 0.351 e. The summed E-state index contributed by atoms with van der Waals surface area (Å²) in [4.78, 5) is 23.7. The zero-order valence-corrected chi connectivity index (χ0v) is 19.6. The Balaban J connectivity index is 0.000000350. The molecule has 0 amide bonds. The van der Waals surface area contributed by atoms with Gasteiger partial charge in [0.05, 0.1) is 23.8 Å². The van der Waals surface area contributed by atoms with Crippen molar-refractivity contribution in [2.75, 3.05) is 11.9 Å². The lowest BCUT2D eigenvalue weighted by Crippen LogP contribution is -2.17. The first-order valence-electron chi connectivity index (χ1n) is 12.3. The van der Waals surface area contributed by atoms with E-state index in [0.29, 0.717) is 30.0 Å². The molecule has 8 heteroatoms. The zero-order valence-electron chi connectivity index (χ0n) is 19.6. The molecule has 0 unspecified atom stereocenters. The highest BCUT2D eigenvalue weighted by Crippen LogP contribution is 2.39. The van der Waals surface area contributed by atoms with Crippen LogP contribution in [0, 0.1) is 0 Å². The first-order valence-corrected chi connectivity index (χ1v) is 12.3. The molecule has 2 aliphatic rings. The van der Waals surface area contributed by atoms with Gasteiger partial charge in [-0.05, 0) is 37.5 Å². The van der Waals surface area contributed by atoms with Gasteiger partial charge >= 0.3 is 0 Å². The molecule has 0 aliphatic heterocycles. The number of nitrogens with zero attached hydrogens (tertiary/aromatic N) is 4. The maximum atomic E-state index is 13.8. The standard InChI is InChI=1S/C19H17FN6O.C7H14.2H2/c1-11(27)13-9-24-26-5-2-12(6-16(13)26)14-7-21-17-15(14)8-22-18(25-17)23-10-19(20)3-4-19;1-2-4-6-7-5-3-1;;/h2,5-9H,3-4,10H2,1H3,(H2,21,22,23,25);1-7H2;2*1H. The van der Waals surface area contributed by atoms with Crippen LogP contribution in [0.5, 0.6) is 0 Å². The lowest BCUT2D eigenvalue weighted by Gasteiger charge is -2.07. The monoisotopic (exact) mass is 466 g/mol. The predicted octanol–water partition coefficient (Wildman–Crippen LogP) is 6.61. The third-order valence-corrected chi connectivity index (χ3v) is 6.75. The van der Waals surface area contributed by atoms with Gasteiger partial charge in [0.1, 0.15) is 11.3 Å². The van der Waals surface area contributed by atoms with E-state index < -0.39 is 5.67 Å². The van der Waals surface area contributed by atoms with Gasteiger partial charge in [-0.3, -0.25) is 4.79 Å². The molecule has 7 nitrogen and oxygen atoms in total. The molecule has 2 aliphatic carbocycles. The Morgan fingerprint density at radius 1 is 1.18 bits per heavy atom. The molecule has 0 saturated heterocycles. The highest BCUT2D eigenvalue weighted by Gasteiger charge is 2.43.